The van der Waals surface area contributed by atoms with Gasteiger partial charge >= 0.3 is 0 Å². The Morgan fingerprint density at radius 2 is 2.00 bits per heavy atom. The third-order valence-electron chi connectivity index (χ3n) is 4.07. The van der Waals surface area contributed by atoms with Crippen LogP contribution in [0.25, 0.3) is 0 Å². The van der Waals surface area contributed by atoms with Gasteiger partial charge in [-0.1, -0.05) is 6.92 Å². The van der Waals surface area contributed by atoms with E-state index < -0.39 is 0 Å². The Balaban J connectivity index is 1.53. The van der Waals surface area contributed by atoms with E-state index in [1.165, 1.54) is 25.7 Å². The summed E-state index contributed by atoms with van der Waals surface area (Å²) in [7, 11) is 0. The maximum absolute atomic E-state index is 5.53. The summed E-state index contributed by atoms with van der Waals surface area (Å²) >= 11 is 0. The normalized spacial score (nSPS) is 18.6. The quantitative estimate of drug-likeness (QED) is 0.781. The summed E-state index contributed by atoms with van der Waals surface area (Å²) in [6.07, 6.45) is 8.29. The van der Waals surface area contributed by atoms with Crippen molar-refractivity contribution in [3.8, 4) is 5.88 Å². The topological polar surface area (TPSA) is 47.0 Å². The molecule has 1 aromatic rings. The predicted octanol–water partition coefficient (Wildman–Crippen LogP) is 3.11. The Morgan fingerprint density at radius 1 is 1.26 bits per heavy atom. The fourth-order valence-corrected chi connectivity index (χ4v) is 2.71. The highest BCUT2D eigenvalue weighted by molar-refractivity contribution is 5.37. The Hall–Kier alpha value is -1.32. The van der Waals surface area contributed by atoms with Gasteiger partial charge in [-0.25, -0.2) is 9.97 Å². The number of anilines is 1. The van der Waals surface area contributed by atoms with Gasteiger partial charge in [0.2, 0.25) is 5.88 Å². The van der Waals surface area contributed by atoms with Crippen LogP contribution in [-0.4, -0.2) is 23.1 Å². The lowest BCUT2D eigenvalue weighted by Crippen LogP contribution is -2.18. The molecule has 0 spiro atoms. The zero-order chi connectivity index (χ0) is 13.1. The van der Waals surface area contributed by atoms with Gasteiger partial charge in [0, 0.05) is 12.6 Å². The Bertz CT molecular complexity index is 404. The van der Waals surface area contributed by atoms with Gasteiger partial charge in [-0.3, -0.25) is 0 Å². The number of nitrogens with zero attached hydrogens (tertiary/aromatic N) is 2. The van der Waals surface area contributed by atoms with E-state index in [0.29, 0.717) is 12.5 Å². The van der Waals surface area contributed by atoms with Crippen LogP contribution in [-0.2, 0) is 0 Å². The minimum Gasteiger partial charge on any atom is -0.478 e. The lowest BCUT2D eigenvalue weighted by atomic mass is 9.98. The molecule has 1 N–H and O–H groups in total. The maximum Gasteiger partial charge on any atom is 0.218 e. The molecule has 4 heteroatoms. The van der Waals surface area contributed by atoms with Crippen molar-refractivity contribution in [3.63, 3.8) is 0 Å². The molecule has 1 heterocycles. The average Bonchev–Trinajstić information content (AvgIpc) is 3.29. The monoisotopic (exact) mass is 261 g/mol. The van der Waals surface area contributed by atoms with Gasteiger partial charge in [0.25, 0.3) is 0 Å². The molecule has 0 radical (unpaired) electrons. The predicted molar refractivity (Wildman–Crippen MR) is 75.2 cm³/mol. The van der Waals surface area contributed by atoms with Crippen molar-refractivity contribution in [1.29, 1.82) is 0 Å². The van der Waals surface area contributed by atoms with E-state index >= 15 is 0 Å². The van der Waals surface area contributed by atoms with E-state index in [0.717, 1.165) is 36.5 Å². The highest BCUT2D eigenvalue weighted by Crippen LogP contribution is 2.49. The molecule has 104 valence electrons. The fraction of sp³-hybridized carbons (Fsp3) is 0.733. The summed E-state index contributed by atoms with van der Waals surface area (Å²) < 4.78 is 5.53. The molecule has 2 saturated carbocycles. The smallest absolute Gasteiger partial charge is 0.218 e. The Kier molecular flexibility index (Phi) is 3.85. The minimum absolute atomic E-state index is 0.675. The lowest BCUT2D eigenvalue weighted by molar-refractivity contribution is 0.305. The van der Waals surface area contributed by atoms with E-state index in [9.17, 15) is 0 Å². The first-order valence-electron chi connectivity index (χ1n) is 7.55. The molecular weight excluding hydrogens is 238 g/mol. The van der Waals surface area contributed by atoms with Gasteiger partial charge in [0.1, 0.15) is 12.1 Å². The van der Waals surface area contributed by atoms with E-state index in [1.807, 2.05) is 6.07 Å². The molecule has 0 atom stereocenters. The molecule has 0 amide bonds. The summed E-state index contributed by atoms with van der Waals surface area (Å²) in [4.78, 5) is 8.40. The van der Waals surface area contributed by atoms with Crippen LogP contribution in [0.4, 0.5) is 5.82 Å². The first-order valence-corrected chi connectivity index (χ1v) is 7.55. The van der Waals surface area contributed by atoms with Gasteiger partial charge < -0.3 is 10.1 Å². The first-order chi connectivity index (χ1) is 9.36. The molecule has 0 aromatic carbocycles. The number of nitrogens with one attached hydrogen (secondary N) is 1. The molecule has 2 aliphatic rings. The van der Waals surface area contributed by atoms with Gasteiger partial charge in [0.15, 0.2) is 0 Å². The molecular formula is C15H23N3O. The maximum atomic E-state index is 5.53. The zero-order valence-electron chi connectivity index (χ0n) is 11.6. The van der Waals surface area contributed by atoms with Crippen molar-refractivity contribution in [3.05, 3.63) is 12.4 Å². The molecule has 2 fully saturated rings. The third-order valence-corrected chi connectivity index (χ3v) is 4.07. The summed E-state index contributed by atoms with van der Waals surface area (Å²) in [6.45, 7) is 3.86. The second-order valence-electron chi connectivity index (χ2n) is 5.81. The largest absolute Gasteiger partial charge is 0.478 e. The Labute approximate surface area is 115 Å². The number of aromatic nitrogens is 2. The standard InChI is InChI=1S/C15H23N3O/c1-2-7-19-15-8-14(17-10-18-15)16-9-13(11-3-4-11)12-5-6-12/h8,10-13H,2-7,9H2,1H3,(H,16,17,18). The summed E-state index contributed by atoms with van der Waals surface area (Å²) in [6, 6.07) is 1.91. The van der Waals surface area contributed by atoms with Crippen LogP contribution in [0.15, 0.2) is 12.4 Å². The van der Waals surface area contributed by atoms with E-state index in [-0.39, 0.29) is 0 Å². The number of hydrogen-bond donors (Lipinski definition) is 1. The highest BCUT2D eigenvalue weighted by Gasteiger charge is 2.41. The highest BCUT2D eigenvalue weighted by atomic mass is 16.5. The fourth-order valence-electron chi connectivity index (χ4n) is 2.71. The van der Waals surface area contributed by atoms with Gasteiger partial charge in [-0.2, -0.15) is 0 Å². The van der Waals surface area contributed by atoms with Crippen LogP contribution in [0, 0.1) is 17.8 Å². The number of hydrogen-bond acceptors (Lipinski definition) is 4. The van der Waals surface area contributed by atoms with Crippen LogP contribution in [0.2, 0.25) is 0 Å². The van der Waals surface area contributed by atoms with Crippen molar-refractivity contribution in [2.24, 2.45) is 17.8 Å². The van der Waals surface area contributed by atoms with Crippen molar-refractivity contribution in [2.75, 3.05) is 18.5 Å². The van der Waals surface area contributed by atoms with Crippen molar-refractivity contribution >= 4 is 5.82 Å². The van der Waals surface area contributed by atoms with Crippen LogP contribution in [0.3, 0.4) is 0 Å². The molecule has 3 rings (SSSR count). The van der Waals surface area contributed by atoms with Crippen molar-refractivity contribution in [1.82, 2.24) is 9.97 Å². The van der Waals surface area contributed by atoms with Crippen molar-refractivity contribution < 1.29 is 4.74 Å². The van der Waals surface area contributed by atoms with Crippen LogP contribution in [0.5, 0.6) is 5.88 Å². The summed E-state index contributed by atoms with van der Waals surface area (Å²) in [5, 5.41) is 3.47. The molecule has 19 heavy (non-hydrogen) atoms. The molecule has 2 aliphatic carbocycles. The van der Waals surface area contributed by atoms with Crippen LogP contribution in [0.1, 0.15) is 39.0 Å². The Morgan fingerprint density at radius 3 is 2.63 bits per heavy atom. The summed E-state index contributed by atoms with van der Waals surface area (Å²) in [5.74, 6) is 4.37. The molecule has 0 unspecified atom stereocenters. The zero-order valence-corrected chi connectivity index (χ0v) is 11.6. The second kappa shape index (κ2) is 5.76. The van der Waals surface area contributed by atoms with E-state index in [1.54, 1.807) is 6.33 Å². The summed E-state index contributed by atoms with van der Waals surface area (Å²) in [5.41, 5.74) is 0. The number of ether oxygens (including phenoxy) is 1. The SMILES string of the molecule is CCCOc1cc(NCC(C2CC2)C2CC2)ncn1. The molecule has 0 saturated heterocycles. The van der Waals surface area contributed by atoms with Gasteiger partial charge in [0.05, 0.1) is 6.61 Å². The van der Waals surface area contributed by atoms with Crippen LogP contribution < -0.4 is 10.1 Å². The van der Waals surface area contributed by atoms with Crippen LogP contribution >= 0.6 is 0 Å². The first kappa shape index (κ1) is 12.7. The van der Waals surface area contributed by atoms with Gasteiger partial charge in [-0.15, -0.1) is 0 Å². The molecule has 0 aliphatic heterocycles. The lowest BCUT2D eigenvalue weighted by Gasteiger charge is -2.16. The molecule has 0 bridgehead atoms. The van der Waals surface area contributed by atoms with Gasteiger partial charge in [-0.05, 0) is 49.9 Å². The molecule has 4 nitrogen and oxygen atoms in total. The molecule has 1 aromatic heterocycles. The minimum atomic E-state index is 0.675. The third kappa shape index (κ3) is 3.58. The van der Waals surface area contributed by atoms with E-state index in [4.69, 9.17) is 4.74 Å². The van der Waals surface area contributed by atoms with Crippen molar-refractivity contribution in [2.45, 2.75) is 39.0 Å². The number of rotatable bonds is 8. The van der Waals surface area contributed by atoms with E-state index in [2.05, 4.69) is 22.2 Å². The average molecular weight is 261 g/mol. The second-order valence-corrected chi connectivity index (χ2v) is 5.81.